The molecule has 0 bridgehead atoms. The number of rotatable bonds is 2. The highest BCUT2D eigenvalue weighted by Crippen LogP contribution is 2.40. The molecular formula is C10H14N2O. The van der Waals surface area contributed by atoms with Gasteiger partial charge in [0.1, 0.15) is 5.41 Å². The van der Waals surface area contributed by atoms with Gasteiger partial charge in [0.05, 0.1) is 6.07 Å². The van der Waals surface area contributed by atoms with Crippen molar-refractivity contribution in [2.45, 2.75) is 44.6 Å². The Labute approximate surface area is 78.1 Å². The largest absolute Gasteiger partial charge is 0.352 e. The molecule has 2 rings (SSSR count). The fourth-order valence-corrected chi connectivity index (χ4v) is 1.80. The summed E-state index contributed by atoms with van der Waals surface area (Å²) in [5.41, 5.74) is -0.657. The van der Waals surface area contributed by atoms with Gasteiger partial charge in [-0.3, -0.25) is 4.79 Å². The van der Waals surface area contributed by atoms with Crippen molar-refractivity contribution < 1.29 is 4.79 Å². The van der Waals surface area contributed by atoms with E-state index in [1.807, 2.05) is 0 Å². The van der Waals surface area contributed by atoms with E-state index in [4.69, 9.17) is 5.26 Å². The molecule has 13 heavy (non-hydrogen) atoms. The summed E-state index contributed by atoms with van der Waals surface area (Å²) in [7, 11) is 0. The molecule has 2 aliphatic carbocycles. The van der Waals surface area contributed by atoms with Crippen LogP contribution in [0.15, 0.2) is 0 Å². The van der Waals surface area contributed by atoms with Crippen molar-refractivity contribution in [1.82, 2.24) is 5.32 Å². The maximum Gasteiger partial charge on any atom is 0.240 e. The molecule has 0 aliphatic heterocycles. The molecule has 0 atom stereocenters. The average molecular weight is 178 g/mol. The summed E-state index contributed by atoms with van der Waals surface area (Å²) < 4.78 is 0. The van der Waals surface area contributed by atoms with Crippen LogP contribution in [0.1, 0.15) is 38.5 Å². The molecule has 0 radical (unpaired) electrons. The number of carbonyl (C=O) groups excluding carboxylic acids is 1. The Kier molecular flexibility index (Phi) is 1.99. The van der Waals surface area contributed by atoms with E-state index in [0.717, 1.165) is 32.1 Å². The molecule has 0 aromatic rings. The topological polar surface area (TPSA) is 52.9 Å². The van der Waals surface area contributed by atoms with Crippen LogP contribution in [0.5, 0.6) is 0 Å². The number of carbonyl (C=O) groups is 1. The average Bonchev–Trinajstić information content (AvgIpc) is 1.96. The lowest BCUT2D eigenvalue weighted by atomic mass is 9.69. The smallest absolute Gasteiger partial charge is 0.240 e. The molecule has 3 nitrogen and oxygen atoms in total. The fourth-order valence-electron chi connectivity index (χ4n) is 1.80. The molecule has 0 saturated heterocycles. The van der Waals surface area contributed by atoms with Gasteiger partial charge >= 0.3 is 0 Å². The van der Waals surface area contributed by atoms with Gasteiger partial charge < -0.3 is 5.32 Å². The summed E-state index contributed by atoms with van der Waals surface area (Å²) in [4.78, 5) is 11.6. The first-order chi connectivity index (χ1) is 6.27. The SMILES string of the molecule is N#CC1(C(=O)NC2CCC2)CCC1. The van der Waals surface area contributed by atoms with Crippen LogP contribution in [0.25, 0.3) is 0 Å². The first-order valence-electron chi connectivity index (χ1n) is 4.99. The van der Waals surface area contributed by atoms with Gasteiger partial charge in [0.15, 0.2) is 0 Å². The second-order valence-electron chi connectivity index (χ2n) is 4.15. The van der Waals surface area contributed by atoms with Crippen molar-refractivity contribution >= 4 is 5.91 Å². The van der Waals surface area contributed by atoms with E-state index in [2.05, 4.69) is 11.4 Å². The number of hydrogen-bond donors (Lipinski definition) is 1. The van der Waals surface area contributed by atoms with E-state index in [0.29, 0.717) is 6.04 Å². The molecule has 2 saturated carbocycles. The van der Waals surface area contributed by atoms with Gasteiger partial charge in [-0.05, 0) is 38.5 Å². The second kappa shape index (κ2) is 3.02. The molecule has 2 fully saturated rings. The summed E-state index contributed by atoms with van der Waals surface area (Å²) in [5.74, 6) is -0.0223. The summed E-state index contributed by atoms with van der Waals surface area (Å²) in [6.07, 6.45) is 5.92. The molecule has 0 aromatic heterocycles. The Bertz CT molecular complexity index is 259. The highest BCUT2D eigenvalue weighted by atomic mass is 16.2. The van der Waals surface area contributed by atoms with Gasteiger partial charge in [-0.1, -0.05) is 0 Å². The molecular weight excluding hydrogens is 164 g/mol. The third kappa shape index (κ3) is 1.31. The van der Waals surface area contributed by atoms with Gasteiger partial charge in [-0.2, -0.15) is 5.26 Å². The zero-order chi connectivity index (χ0) is 9.31. The van der Waals surface area contributed by atoms with Crippen LogP contribution in [-0.2, 0) is 4.79 Å². The number of hydrogen-bond acceptors (Lipinski definition) is 2. The van der Waals surface area contributed by atoms with E-state index in [1.165, 1.54) is 6.42 Å². The highest BCUT2D eigenvalue weighted by molar-refractivity contribution is 5.86. The lowest BCUT2D eigenvalue weighted by molar-refractivity contribution is -0.133. The minimum atomic E-state index is -0.657. The van der Waals surface area contributed by atoms with Crippen molar-refractivity contribution in [2.75, 3.05) is 0 Å². The summed E-state index contributed by atoms with van der Waals surface area (Å²) >= 11 is 0. The van der Waals surface area contributed by atoms with Crippen LogP contribution in [0.4, 0.5) is 0 Å². The number of nitrogens with zero attached hydrogens (tertiary/aromatic N) is 1. The molecule has 0 heterocycles. The molecule has 1 amide bonds. The van der Waals surface area contributed by atoms with Crippen molar-refractivity contribution in [2.24, 2.45) is 5.41 Å². The van der Waals surface area contributed by atoms with Gasteiger partial charge in [-0.25, -0.2) is 0 Å². The predicted molar refractivity (Wildman–Crippen MR) is 47.7 cm³/mol. The van der Waals surface area contributed by atoms with Crippen LogP contribution >= 0.6 is 0 Å². The lowest BCUT2D eigenvalue weighted by Crippen LogP contribution is -2.50. The van der Waals surface area contributed by atoms with E-state index in [9.17, 15) is 4.79 Å². The fraction of sp³-hybridized carbons (Fsp3) is 0.800. The van der Waals surface area contributed by atoms with E-state index >= 15 is 0 Å². The molecule has 0 aromatic carbocycles. The minimum absolute atomic E-state index is 0.0223. The molecule has 70 valence electrons. The van der Waals surface area contributed by atoms with Crippen LogP contribution in [0, 0.1) is 16.7 Å². The molecule has 2 aliphatic rings. The standard InChI is InChI=1S/C10H14N2O/c11-7-10(5-2-6-10)9(13)12-8-3-1-4-8/h8H,1-6H2,(H,12,13). The van der Waals surface area contributed by atoms with Crippen LogP contribution in [-0.4, -0.2) is 11.9 Å². The lowest BCUT2D eigenvalue weighted by Gasteiger charge is -2.36. The molecule has 0 unspecified atom stereocenters. The van der Waals surface area contributed by atoms with E-state index in [-0.39, 0.29) is 5.91 Å². The van der Waals surface area contributed by atoms with Crippen molar-refractivity contribution in [3.63, 3.8) is 0 Å². The third-order valence-corrected chi connectivity index (χ3v) is 3.30. The van der Waals surface area contributed by atoms with Crippen LogP contribution in [0.2, 0.25) is 0 Å². The Morgan fingerprint density at radius 1 is 1.38 bits per heavy atom. The van der Waals surface area contributed by atoms with Gasteiger partial charge in [-0.15, -0.1) is 0 Å². The first-order valence-corrected chi connectivity index (χ1v) is 4.99. The molecule has 3 heteroatoms. The van der Waals surface area contributed by atoms with Crippen LogP contribution in [0.3, 0.4) is 0 Å². The van der Waals surface area contributed by atoms with Crippen LogP contribution < -0.4 is 5.32 Å². The zero-order valence-electron chi connectivity index (χ0n) is 7.68. The first kappa shape index (κ1) is 8.55. The maximum absolute atomic E-state index is 11.6. The quantitative estimate of drug-likeness (QED) is 0.694. The number of nitriles is 1. The zero-order valence-corrected chi connectivity index (χ0v) is 7.68. The number of amides is 1. The van der Waals surface area contributed by atoms with Crippen molar-refractivity contribution in [1.29, 1.82) is 5.26 Å². The Morgan fingerprint density at radius 2 is 2.08 bits per heavy atom. The summed E-state index contributed by atoms with van der Waals surface area (Å²) in [6, 6.07) is 2.52. The van der Waals surface area contributed by atoms with Gasteiger partial charge in [0.25, 0.3) is 0 Å². The molecule has 1 N–H and O–H groups in total. The predicted octanol–water partition coefficient (Wildman–Crippen LogP) is 1.35. The second-order valence-corrected chi connectivity index (χ2v) is 4.15. The summed E-state index contributed by atoms with van der Waals surface area (Å²) in [5, 5.41) is 11.8. The van der Waals surface area contributed by atoms with E-state index < -0.39 is 5.41 Å². The van der Waals surface area contributed by atoms with Crippen molar-refractivity contribution in [3.8, 4) is 6.07 Å². The minimum Gasteiger partial charge on any atom is -0.352 e. The normalized spacial score (nSPS) is 25.2. The van der Waals surface area contributed by atoms with Gasteiger partial charge in [0.2, 0.25) is 5.91 Å². The van der Waals surface area contributed by atoms with E-state index in [1.54, 1.807) is 0 Å². The Morgan fingerprint density at radius 3 is 2.38 bits per heavy atom. The Hall–Kier alpha value is -1.04. The summed E-state index contributed by atoms with van der Waals surface area (Å²) in [6.45, 7) is 0. The maximum atomic E-state index is 11.6. The highest BCUT2D eigenvalue weighted by Gasteiger charge is 2.45. The third-order valence-electron chi connectivity index (χ3n) is 3.30. The number of nitrogens with one attached hydrogen (secondary N) is 1. The monoisotopic (exact) mass is 178 g/mol. The molecule has 0 spiro atoms. The van der Waals surface area contributed by atoms with Gasteiger partial charge in [0, 0.05) is 6.04 Å². The Balaban J connectivity index is 1.91. The van der Waals surface area contributed by atoms with Crippen molar-refractivity contribution in [3.05, 3.63) is 0 Å².